The summed E-state index contributed by atoms with van der Waals surface area (Å²) in [6.07, 6.45) is 0. The van der Waals surface area contributed by atoms with Crippen molar-refractivity contribution in [2.75, 3.05) is 0 Å². The molecule has 5 heteroatoms. The van der Waals surface area contributed by atoms with Gasteiger partial charge in [-0.3, -0.25) is 4.79 Å². The van der Waals surface area contributed by atoms with Crippen LogP contribution in [0.1, 0.15) is 26.7 Å². The molecule has 0 saturated heterocycles. The minimum absolute atomic E-state index is 0.299. The van der Waals surface area contributed by atoms with Gasteiger partial charge in [-0.15, -0.1) is 11.3 Å². The highest BCUT2D eigenvalue weighted by Gasteiger charge is 2.24. The van der Waals surface area contributed by atoms with Crippen molar-refractivity contribution < 1.29 is 9.18 Å². The second-order valence-corrected chi connectivity index (χ2v) is 6.42. The van der Waals surface area contributed by atoms with E-state index in [1.807, 2.05) is 13.0 Å². The van der Waals surface area contributed by atoms with Crippen LogP contribution in [0.15, 0.2) is 34.1 Å². The van der Waals surface area contributed by atoms with E-state index >= 15 is 0 Å². The first-order chi connectivity index (χ1) is 9.02. The molecular formula is C14H9BrFNOS. The van der Waals surface area contributed by atoms with Crippen molar-refractivity contribution in [3.63, 3.8) is 0 Å². The molecule has 0 N–H and O–H groups in total. The Kier molecular flexibility index (Phi) is 4.13. The first-order valence-corrected chi connectivity index (χ1v) is 7.09. The summed E-state index contributed by atoms with van der Waals surface area (Å²) < 4.78 is 14.0. The lowest BCUT2D eigenvalue weighted by Crippen LogP contribution is -2.10. The fraction of sp³-hybridized carbons (Fsp3) is 0.143. The normalized spacial score (nSPS) is 11.9. The molecule has 0 aliphatic heterocycles. The number of rotatable bonds is 3. The number of aryl methyl sites for hydroxylation is 1. The average Bonchev–Trinajstić information content (AvgIpc) is 2.70. The Morgan fingerprint density at radius 2 is 2.21 bits per heavy atom. The average molecular weight is 338 g/mol. The smallest absolute Gasteiger partial charge is 0.194 e. The van der Waals surface area contributed by atoms with Crippen molar-refractivity contribution in [2.45, 2.75) is 12.8 Å². The van der Waals surface area contributed by atoms with Crippen molar-refractivity contribution in [1.29, 1.82) is 5.26 Å². The summed E-state index contributed by atoms with van der Waals surface area (Å²) in [6.45, 7) is 1.88. The monoisotopic (exact) mass is 337 g/mol. The van der Waals surface area contributed by atoms with Crippen LogP contribution in [0.5, 0.6) is 0 Å². The summed E-state index contributed by atoms with van der Waals surface area (Å²) in [7, 11) is 0. The minimum Gasteiger partial charge on any atom is -0.291 e. The van der Waals surface area contributed by atoms with Gasteiger partial charge in [0.1, 0.15) is 11.7 Å². The standard InChI is InChI=1S/C14H9BrFNOS/c1-8-5-12(19-14(8)15)13(18)11(7-17)9-3-2-4-10(16)6-9/h2-6,11H,1H3. The molecule has 0 amide bonds. The molecule has 2 rings (SSSR count). The van der Waals surface area contributed by atoms with E-state index in [1.54, 1.807) is 12.1 Å². The van der Waals surface area contributed by atoms with Crippen molar-refractivity contribution in [1.82, 2.24) is 0 Å². The van der Waals surface area contributed by atoms with Gasteiger partial charge in [-0.25, -0.2) is 4.39 Å². The number of carbonyl (C=O) groups excluding carboxylic acids is 1. The Hall–Kier alpha value is -1.51. The number of hydrogen-bond acceptors (Lipinski definition) is 3. The minimum atomic E-state index is -0.972. The third-order valence-electron chi connectivity index (χ3n) is 2.67. The third-order valence-corrected chi connectivity index (χ3v) is 4.82. The van der Waals surface area contributed by atoms with Gasteiger partial charge in [0.2, 0.25) is 0 Å². The van der Waals surface area contributed by atoms with Crippen LogP contribution in [-0.4, -0.2) is 5.78 Å². The Bertz CT molecular complexity index is 655. The summed E-state index contributed by atoms with van der Waals surface area (Å²) in [5.41, 5.74) is 1.33. The highest BCUT2D eigenvalue weighted by atomic mass is 79.9. The molecule has 0 spiro atoms. The summed E-state index contributed by atoms with van der Waals surface area (Å²) in [5.74, 6) is -1.72. The Morgan fingerprint density at radius 1 is 1.47 bits per heavy atom. The summed E-state index contributed by atoms with van der Waals surface area (Å²) in [5, 5.41) is 9.18. The molecule has 1 aromatic carbocycles. The number of carbonyl (C=O) groups is 1. The van der Waals surface area contributed by atoms with E-state index in [0.29, 0.717) is 10.4 Å². The number of nitrogens with zero attached hydrogens (tertiary/aromatic N) is 1. The van der Waals surface area contributed by atoms with Gasteiger partial charge in [-0.2, -0.15) is 5.26 Å². The van der Waals surface area contributed by atoms with Gasteiger partial charge in [0.15, 0.2) is 5.78 Å². The molecule has 1 atom stereocenters. The van der Waals surface area contributed by atoms with E-state index in [2.05, 4.69) is 15.9 Å². The van der Waals surface area contributed by atoms with Crippen LogP contribution in [0.3, 0.4) is 0 Å². The first-order valence-electron chi connectivity index (χ1n) is 5.48. The van der Waals surface area contributed by atoms with E-state index in [1.165, 1.54) is 29.5 Å². The zero-order chi connectivity index (χ0) is 14.0. The summed E-state index contributed by atoms with van der Waals surface area (Å²) >= 11 is 4.63. The summed E-state index contributed by atoms with van der Waals surface area (Å²) in [4.78, 5) is 12.8. The largest absolute Gasteiger partial charge is 0.291 e. The van der Waals surface area contributed by atoms with Gasteiger partial charge in [-0.1, -0.05) is 12.1 Å². The number of ketones is 1. The van der Waals surface area contributed by atoms with Crippen LogP contribution >= 0.6 is 27.3 Å². The van der Waals surface area contributed by atoms with Gasteiger partial charge in [0, 0.05) is 0 Å². The van der Waals surface area contributed by atoms with E-state index in [-0.39, 0.29) is 5.78 Å². The van der Waals surface area contributed by atoms with Crippen LogP contribution in [0.4, 0.5) is 4.39 Å². The van der Waals surface area contributed by atoms with E-state index in [0.717, 1.165) is 9.35 Å². The van der Waals surface area contributed by atoms with Crippen molar-refractivity contribution in [2.24, 2.45) is 0 Å². The second-order valence-electron chi connectivity index (χ2n) is 4.05. The highest BCUT2D eigenvalue weighted by Crippen LogP contribution is 2.31. The molecule has 0 aliphatic rings. The molecule has 2 nitrogen and oxygen atoms in total. The topological polar surface area (TPSA) is 40.9 Å². The van der Waals surface area contributed by atoms with E-state index < -0.39 is 11.7 Å². The molecule has 96 valence electrons. The number of thiophene rings is 1. The number of halogens is 2. The van der Waals surface area contributed by atoms with E-state index in [9.17, 15) is 14.4 Å². The maximum atomic E-state index is 13.2. The lowest BCUT2D eigenvalue weighted by atomic mass is 9.95. The van der Waals surface area contributed by atoms with Gasteiger partial charge in [0.25, 0.3) is 0 Å². The Balaban J connectivity index is 2.38. The SMILES string of the molecule is Cc1cc(C(=O)C(C#N)c2cccc(F)c2)sc1Br. The van der Waals surface area contributed by atoms with Crippen LogP contribution in [0, 0.1) is 24.1 Å². The molecule has 0 saturated carbocycles. The molecule has 1 aromatic heterocycles. The third kappa shape index (κ3) is 2.91. The fourth-order valence-electron chi connectivity index (χ4n) is 1.69. The fourth-order valence-corrected chi connectivity index (χ4v) is 3.20. The van der Waals surface area contributed by atoms with E-state index in [4.69, 9.17) is 0 Å². The quantitative estimate of drug-likeness (QED) is 0.776. The van der Waals surface area contributed by atoms with Crippen molar-refractivity contribution in [3.8, 4) is 6.07 Å². The predicted molar refractivity (Wildman–Crippen MR) is 75.8 cm³/mol. The first kappa shape index (κ1) is 13.9. The Morgan fingerprint density at radius 3 is 2.74 bits per heavy atom. The predicted octanol–water partition coefficient (Wildman–Crippen LogP) is 4.45. The molecule has 1 unspecified atom stereocenters. The zero-order valence-electron chi connectivity index (χ0n) is 9.98. The van der Waals surface area contributed by atoms with Gasteiger partial charge in [-0.05, 0) is 52.2 Å². The van der Waals surface area contributed by atoms with Gasteiger partial charge < -0.3 is 0 Å². The molecular weight excluding hydrogens is 329 g/mol. The molecule has 0 fully saturated rings. The van der Waals surface area contributed by atoms with Crippen molar-refractivity contribution >= 4 is 33.0 Å². The highest BCUT2D eigenvalue weighted by molar-refractivity contribution is 9.11. The molecule has 1 heterocycles. The summed E-state index contributed by atoms with van der Waals surface area (Å²) in [6, 6.07) is 9.28. The molecule has 2 aromatic rings. The van der Waals surface area contributed by atoms with Crippen LogP contribution in [0.25, 0.3) is 0 Å². The number of benzene rings is 1. The molecule has 0 aliphatic carbocycles. The number of Topliss-reactive ketones (excluding diaryl/α,β-unsaturated/α-hetero) is 1. The maximum Gasteiger partial charge on any atom is 0.194 e. The van der Waals surface area contributed by atoms with Crippen LogP contribution in [0.2, 0.25) is 0 Å². The lowest BCUT2D eigenvalue weighted by Gasteiger charge is -2.06. The number of nitriles is 1. The molecule has 19 heavy (non-hydrogen) atoms. The lowest BCUT2D eigenvalue weighted by molar-refractivity contribution is 0.0982. The Labute approximate surface area is 122 Å². The van der Waals surface area contributed by atoms with Crippen molar-refractivity contribution in [3.05, 3.63) is 55.9 Å². The molecule has 0 radical (unpaired) electrons. The van der Waals surface area contributed by atoms with Crippen LogP contribution < -0.4 is 0 Å². The number of hydrogen-bond donors (Lipinski definition) is 0. The van der Waals surface area contributed by atoms with Crippen LogP contribution in [-0.2, 0) is 0 Å². The van der Waals surface area contributed by atoms with Gasteiger partial charge >= 0.3 is 0 Å². The maximum absolute atomic E-state index is 13.2. The zero-order valence-corrected chi connectivity index (χ0v) is 12.4. The second kappa shape index (κ2) is 5.64. The van der Waals surface area contributed by atoms with Gasteiger partial charge in [0.05, 0.1) is 14.7 Å². The molecule has 0 bridgehead atoms.